The standard InChI is InChI=1S/C28H32F3NO3S/c1-5-19-12-17(4)13-20(6-2)26(19)27-22(33)14-18(15-23(27)35-25(34)7-3)10-11-36-24-9-8-21(16-32-24)28(29,30)31/h8-9,12-13,16,18H,5-7,10-11,14-15H2,1-4H3. The smallest absolute Gasteiger partial charge is 0.417 e. The summed E-state index contributed by atoms with van der Waals surface area (Å²) in [4.78, 5) is 29.7. The van der Waals surface area contributed by atoms with E-state index in [0.717, 1.165) is 47.4 Å². The molecule has 1 heterocycles. The van der Waals surface area contributed by atoms with E-state index < -0.39 is 11.7 Å². The summed E-state index contributed by atoms with van der Waals surface area (Å²) in [6.07, 6.45) is -0.400. The number of carbonyl (C=O) groups excluding carboxylic acids is 2. The summed E-state index contributed by atoms with van der Waals surface area (Å²) in [7, 11) is 0. The Morgan fingerprint density at radius 3 is 2.31 bits per heavy atom. The number of ether oxygens (including phenoxy) is 1. The van der Waals surface area contributed by atoms with E-state index in [0.29, 0.717) is 41.4 Å². The van der Waals surface area contributed by atoms with E-state index >= 15 is 0 Å². The highest BCUT2D eigenvalue weighted by molar-refractivity contribution is 7.99. The Hall–Kier alpha value is -2.61. The van der Waals surface area contributed by atoms with Crippen LogP contribution in [0.3, 0.4) is 0 Å². The van der Waals surface area contributed by atoms with Crippen molar-refractivity contribution in [3.05, 3.63) is 64.0 Å². The highest BCUT2D eigenvalue weighted by atomic mass is 32.2. The van der Waals surface area contributed by atoms with Gasteiger partial charge in [-0.05, 0) is 66.7 Å². The fourth-order valence-corrected chi connectivity index (χ4v) is 5.48. The molecule has 36 heavy (non-hydrogen) atoms. The van der Waals surface area contributed by atoms with Gasteiger partial charge in [-0.25, -0.2) is 4.98 Å². The fraction of sp³-hybridized carbons (Fsp3) is 0.464. The van der Waals surface area contributed by atoms with Crippen LogP contribution in [-0.4, -0.2) is 22.5 Å². The van der Waals surface area contributed by atoms with Crippen molar-refractivity contribution >= 4 is 29.1 Å². The van der Waals surface area contributed by atoms with Gasteiger partial charge in [0, 0.05) is 25.5 Å². The van der Waals surface area contributed by atoms with Crippen molar-refractivity contribution in [1.82, 2.24) is 4.98 Å². The van der Waals surface area contributed by atoms with Gasteiger partial charge < -0.3 is 4.74 Å². The Morgan fingerprint density at radius 1 is 1.11 bits per heavy atom. The maximum absolute atomic E-state index is 13.5. The molecule has 1 aromatic carbocycles. The molecule has 8 heteroatoms. The Kier molecular flexibility index (Phi) is 9.39. The minimum atomic E-state index is -4.41. The average Bonchev–Trinajstić information content (AvgIpc) is 2.83. The Bertz CT molecular complexity index is 1110. The molecule has 1 aliphatic carbocycles. The number of nitrogens with zero attached hydrogens (tertiary/aromatic N) is 1. The molecule has 2 aromatic rings. The number of ketones is 1. The Morgan fingerprint density at radius 2 is 1.78 bits per heavy atom. The SMILES string of the molecule is CCC(=O)OC1=C(c2c(CC)cc(C)cc2CC)C(=O)CC(CCSc2ccc(C(F)(F)F)cn2)C1. The van der Waals surface area contributed by atoms with E-state index in [-0.39, 0.29) is 24.1 Å². The molecule has 0 saturated carbocycles. The number of aryl methyl sites for hydroxylation is 3. The van der Waals surface area contributed by atoms with Crippen LogP contribution in [-0.2, 0) is 33.3 Å². The zero-order valence-electron chi connectivity index (χ0n) is 21.1. The van der Waals surface area contributed by atoms with E-state index in [9.17, 15) is 22.8 Å². The van der Waals surface area contributed by atoms with Crippen molar-refractivity contribution in [3.63, 3.8) is 0 Å². The minimum absolute atomic E-state index is 0.0246. The van der Waals surface area contributed by atoms with Crippen LogP contribution in [0.1, 0.15) is 74.3 Å². The first-order valence-corrected chi connectivity index (χ1v) is 13.3. The number of hydrogen-bond acceptors (Lipinski definition) is 5. The van der Waals surface area contributed by atoms with Gasteiger partial charge in [0.25, 0.3) is 0 Å². The fourth-order valence-electron chi connectivity index (χ4n) is 4.53. The summed E-state index contributed by atoms with van der Waals surface area (Å²) in [5, 5.41) is 0.499. The van der Waals surface area contributed by atoms with Gasteiger partial charge in [0.1, 0.15) is 5.76 Å². The number of thioether (sulfide) groups is 1. The second-order valence-corrected chi connectivity index (χ2v) is 10.1. The average molecular weight is 520 g/mol. The van der Waals surface area contributed by atoms with Crippen molar-refractivity contribution in [2.45, 2.75) is 77.4 Å². The van der Waals surface area contributed by atoms with Gasteiger partial charge in [0.05, 0.1) is 16.2 Å². The molecule has 4 nitrogen and oxygen atoms in total. The largest absolute Gasteiger partial charge is 0.430 e. The van der Waals surface area contributed by atoms with Crippen molar-refractivity contribution in [2.75, 3.05) is 5.75 Å². The number of rotatable bonds is 9. The highest BCUT2D eigenvalue weighted by Gasteiger charge is 2.33. The van der Waals surface area contributed by atoms with Crippen LogP contribution in [0.5, 0.6) is 0 Å². The molecule has 1 unspecified atom stereocenters. The Labute approximate surface area is 214 Å². The zero-order valence-corrected chi connectivity index (χ0v) is 21.9. The van der Waals surface area contributed by atoms with Crippen LogP contribution in [0, 0.1) is 12.8 Å². The van der Waals surface area contributed by atoms with E-state index in [4.69, 9.17) is 4.74 Å². The quantitative estimate of drug-likeness (QED) is 0.256. The van der Waals surface area contributed by atoms with Gasteiger partial charge in [-0.3, -0.25) is 9.59 Å². The van der Waals surface area contributed by atoms with E-state index in [1.54, 1.807) is 6.92 Å². The van der Waals surface area contributed by atoms with Crippen LogP contribution >= 0.6 is 11.8 Å². The molecule has 0 amide bonds. The number of hydrogen-bond donors (Lipinski definition) is 0. The molecular formula is C28H32F3NO3S. The zero-order chi connectivity index (χ0) is 26.5. The van der Waals surface area contributed by atoms with Gasteiger partial charge in [-0.15, -0.1) is 11.8 Å². The second kappa shape index (κ2) is 12.1. The first-order valence-electron chi connectivity index (χ1n) is 12.3. The number of carbonyl (C=O) groups is 2. The van der Waals surface area contributed by atoms with Gasteiger partial charge in [-0.2, -0.15) is 13.2 Å². The van der Waals surface area contributed by atoms with Gasteiger partial charge in [-0.1, -0.05) is 38.5 Å². The summed E-state index contributed by atoms with van der Waals surface area (Å²) in [5.74, 6) is 0.599. The van der Waals surface area contributed by atoms with E-state index in [2.05, 4.69) is 31.0 Å². The number of Topliss-reactive ketones (excluding diaryl/α,β-unsaturated/α-hetero) is 1. The predicted octanol–water partition coefficient (Wildman–Crippen LogP) is 7.36. The minimum Gasteiger partial charge on any atom is -0.430 e. The predicted molar refractivity (Wildman–Crippen MR) is 136 cm³/mol. The number of benzene rings is 1. The number of aromatic nitrogens is 1. The number of allylic oxidation sites excluding steroid dienone is 2. The van der Waals surface area contributed by atoms with Crippen LogP contribution in [0.15, 0.2) is 41.2 Å². The van der Waals surface area contributed by atoms with Gasteiger partial charge in [0.15, 0.2) is 5.78 Å². The Balaban J connectivity index is 1.83. The molecule has 0 fully saturated rings. The van der Waals surface area contributed by atoms with E-state index in [1.807, 2.05) is 6.92 Å². The van der Waals surface area contributed by atoms with Crippen LogP contribution < -0.4 is 0 Å². The molecule has 1 aliphatic rings. The lowest BCUT2D eigenvalue weighted by molar-refractivity contribution is -0.140. The third kappa shape index (κ3) is 6.78. The van der Waals surface area contributed by atoms with Gasteiger partial charge >= 0.3 is 12.1 Å². The molecule has 0 bridgehead atoms. The maximum atomic E-state index is 13.5. The van der Waals surface area contributed by atoms with E-state index in [1.165, 1.54) is 17.8 Å². The molecular weight excluding hydrogens is 487 g/mol. The number of pyridine rings is 1. The molecule has 0 radical (unpaired) electrons. The summed E-state index contributed by atoms with van der Waals surface area (Å²) in [6.45, 7) is 7.87. The van der Waals surface area contributed by atoms with Crippen LogP contribution in [0.4, 0.5) is 13.2 Å². The lowest BCUT2D eigenvalue weighted by Gasteiger charge is -2.28. The highest BCUT2D eigenvalue weighted by Crippen LogP contribution is 2.39. The van der Waals surface area contributed by atoms with Crippen molar-refractivity contribution in [1.29, 1.82) is 0 Å². The third-order valence-corrected chi connectivity index (χ3v) is 7.31. The summed E-state index contributed by atoms with van der Waals surface area (Å²) in [5.41, 5.74) is 3.93. The van der Waals surface area contributed by atoms with Crippen molar-refractivity contribution < 1.29 is 27.5 Å². The van der Waals surface area contributed by atoms with Crippen LogP contribution in [0.25, 0.3) is 5.57 Å². The first kappa shape index (κ1) is 28.0. The molecule has 194 valence electrons. The van der Waals surface area contributed by atoms with Crippen LogP contribution in [0.2, 0.25) is 0 Å². The topological polar surface area (TPSA) is 56.3 Å². The molecule has 0 N–H and O–H groups in total. The maximum Gasteiger partial charge on any atom is 0.417 e. The molecule has 0 saturated heterocycles. The number of alkyl halides is 3. The summed E-state index contributed by atoms with van der Waals surface area (Å²) in [6, 6.07) is 6.57. The number of halogens is 3. The number of esters is 1. The molecule has 0 spiro atoms. The molecule has 1 atom stereocenters. The normalized spacial score (nSPS) is 16.4. The van der Waals surface area contributed by atoms with Crippen molar-refractivity contribution in [2.24, 2.45) is 5.92 Å². The van der Waals surface area contributed by atoms with Crippen molar-refractivity contribution in [3.8, 4) is 0 Å². The monoisotopic (exact) mass is 519 g/mol. The summed E-state index contributed by atoms with van der Waals surface area (Å²) >= 11 is 1.35. The first-order chi connectivity index (χ1) is 17.1. The molecule has 3 rings (SSSR count). The van der Waals surface area contributed by atoms with Gasteiger partial charge in [0.2, 0.25) is 0 Å². The molecule has 1 aromatic heterocycles. The second-order valence-electron chi connectivity index (χ2n) is 9.01. The lowest BCUT2D eigenvalue weighted by Crippen LogP contribution is -2.23. The third-order valence-electron chi connectivity index (χ3n) is 6.33. The summed E-state index contributed by atoms with van der Waals surface area (Å²) < 4.78 is 44.0. The molecule has 0 aliphatic heterocycles. The lowest BCUT2D eigenvalue weighted by atomic mass is 9.79.